The third-order valence-corrected chi connectivity index (χ3v) is 4.96. The minimum Gasteiger partial charge on any atom is -0.455 e. The third-order valence-electron chi connectivity index (χ3n) is 4.76. The largest absolute Gasteiger partial charge is 0.455 e. The number of fused-ring (bicyclic) bond motifs is 1. The van der Waals surface area contributed by atoms with E-state index in [2.05, 4.69) is 26.1 Å². The molecule has 4 rings (SSSR count). The van der Waals surface area contributed by atoms with Gasteiger partial charge in [0, 0.05) is 29.4 Å². The predicted molar refractivity (Wildman–Crippen MR) is 121 cm³/mol. The average Bonchev–Trinajstić information content (AvgIpc) is 3.11. The monoisotopic (exact) mass is 419 g/mol. The van der Waals surface area contributed by atoms with Crippen LogP contribution in [0.4, 0.5) is 11.5 Å². The van der Waals surface area contributed by atoms with E-state index in [-0.39, 0.29) is 11.7 Å². The Morgan fingerprint density at radius 3 is 2.67 bits per heavy atom. The molecule has 0 unspecified atom stereocenters. The van der Waals surface area contributed by atoms with Crippen LogP contribution >= 0.6 is 12.2 Å². The van der Waals surface area contributed by atoms with E-state index in [4.69, 9.17) is 16.6 Å². The summed E-state index contributed by atoms with van der Waals surface area (Å²) in [4.78, 5) is 16.8. The standard InChI is InChI=1S/C22H21N5O2S/c1-14-19-16(26-27-22(30)24-15-8-3-2-4-9-15)10-7-11-17(19)29-20(14)21(28)25-18-12-5-6-13-23-18/h2-6,8-9,12-13H,7,10-11H2,1H3,(H,23,25,28)(H2,24,27,30)/b26-16+. The molecule has 0 atom stereocenters. The number of hydrazone groups is 1. The Morgan fingerprint density at radius 1 is 1.10 bits per heavy atom. The van der Waals surface area contributed by atoms with E-state index in [1.807, 2.05) is 43.3 Å². The van der Waals surface area contributed by atoms with Gasteiger partial charge in [0.25, 0.3) is 5.91 Å². The number of aryl methyl sites for hydroxylation is 1. The number of thiocarbonyl (C=S) groups is 1. The lowest BCUT2D eigenvalue weighted by Crippen LogP contribution is -2.26. The maximum absolute atomic E-state index is 12.7. The lowest BCUT2D eigenvalue weighted by atomic mass is 9.93. The average molecular weight is 420 g/mol. The topological polar surface area (TPSA) is 91.6 Å². The van der Waals surface area contributed by atoms with E-state index in [0.29, 0.717) is 10.9 Å². The smallest absolute Gasteiger partial charge is 0.292 e. The van der Waals surface area contributed by atoms with Crippen molar-refractivity contribution in [3.8, 4) is 0 Å². The summed E-state index contributed by atoms with van der Waals surface area (Å²) in [6.07, 6.45) is 4.05. The first-order valence-corrected chi connectivity index (χ1v) is 10.1. The molecule has 0 saturated heterocycles. The SMILES string of the molecule is Cc1c(C(=O)Nc2ccccn2)oc2c1/C(=N/NC(=S)Nc1ccccc1)CCC2. The zero-order chi connectivity index (χ0) is 20.9. The first-order chi connectivity index (χ1) is 14.6. The van der Waals surface area contributed by atoms with Crippen LogP contribution in [-0.2, 0) is 6.42 Å². The number of anilines is 2. The second-order valence-corrected chi connectivity index (χ2v) is 7.28. The van der Waals surface area contributed by atoms with Gasteiger partial charge in [0.2, 0.25) is 0 Å². The number of para-hydroxylation sites is 1. The Labute approximate surface area is 179 Å². The fraction of sp³-hybridized carbons (Fsp3) is 0.182. The highest BCUT2D eigenvalue weighted by Crippen LogP contribution is 2.30. The molecule has 2 heterocycles. The van der Waals surface area contributed by atoms with E-state index < -0.39 is 0 Å². The van der Waals surface area contributed by atoms with Crippen molar-refractivity contribution in [1.29, 1.82) is 0 Å². The minimum absolute atomic E-state index is 0.283. The van der Waals surface area contributed by atoms with E-state index in [1.165, 1.54) is 0 Å². The Morgan fingerprint density at radius 2 is 1.90 bits per heavy atom. The lowest BCUT2D eigenvalue weighted by molar-refractivity contribution is 0.0993. The molecule has 30 heavy (non-hydrogen) atoms. The number of furan rings is 1. The maximum Gasteiger partial charge on any atom is 0.292 e. The molecule has 1 aliphatic rings. The molecule has 0 radical (unpaired) electrons. The van der Waals surface area contributed by atoms with E-state index in [1.54, 1.807) is 18.3 Å². The predicted octanol–water partition coefficient (Wildman–Crippen LogP) is 4.26. The van der Waals surface area contributed by atoms with Crippen LogP contribution in [0, 0.1) is 6.92 Å². The second kappa shape index (κ2) is 8.87. The number of benzene rings is 1. The van der Waals surface area contributed by atoms with Gasteiger partial charge in [0.05, 0.1) is 5.71 Å². The van der Waals surface area contributed by atoms with Gasteiger partial charge in [0.1, 0.15) is 11.6 Å². The Hall–Kier alpha value is -3.52. The quantitative estimate of drug-likeness (QED) is 0.432. The van der Waals surface area contributed by atoms with Crippen LogP contribution in [0.15, 0.2) is 64.2 Å². The van der Waals surface area contributed by atoms with Gasteiger partial charge in [-0.05, 0) is 56.2 Å². The molecular formula is C22H21N5O2S. The summed E-state index contributed by atoms with van der Waals surface area (Å²) in [5.41, 5.74) is 6.25. The van der Waals surface area contributed by atoms with Crippen molar-refractivity contribution in [2.45, 2.75) is 26.2 Å². The van der Waals surface area contributed by atoms with Crippen LogP contribution < -0.4 is 16.1 Å². The number of amides is 1. The molecule has 0 bridgehead atoms. The summed E-state index contributed by atoms with van der Waals surface area (Å²) in [5, 5.41) is 10.8. The molecule has 2 aromatic heterocycles. The molecule has 3 N–H and O–H groups in total. The highest BCUT2D eigenvalue weighted by atomic mass is 32.1. The molecule has 0 saturated carbocycles. The summed E-state index contributed by atoms with van der Waals surface area (Å²) in [5.74, 6) is 1.20. The van der Waals surface area contributed by atoms with Gasteiger partial charge in [-0.2, -0.15) is 5.10 Å². The number of nitrogens with zero attached hydrogens (tertiary/aromatic N) is 2. The van der Waals surface area contributed by atoms with Crippen molar-refractivity contribution >= 4 is 40.5 Å². The van der Waals surface area contributed by atoms with Gasteiger partial charge in [-0.3, -0.25) is 10.2 Å². The fourth-order valence-corrected chi connectivity index (χ4v) is 3.57. The molecule has 0 spiro atoms. The molecule has 3 aromatic rings. The molecule has 0 fully saturated rings. The first kappa shape index (κ1) is 19.8. The van der Waals surface area contributed by atoms with Crippen molar-refractivity contribution in [3.05, 3.63) is 77.4 Å². The lowest BCUT2D eigenvalue weighted by Gasteiger charge is -2.14. The van der Waals surface area contributed by atoms with Crippen LogP contribution in [0.25, 0.3) is 0 Å². The second-order valence-electron chi connectivity index (χ2n) is 6.87. The number of pyridine rings is 1. The minimum atomic E-state index is -0.325. The van der Waals surface area contributed by atoms with Gasteiger partial charge in [-0.1, -0.05) is 24.3 Å². The van der Waals surface area contributed by atoms with Gasteiger partial charge in [-0.25, -0.2) is 4.98 Å². The highest BCUT2D eigenvalue weighted by Gasteiger charge is 2.28. The Bertz CT molecular complexity index is 1090. The first-order valence-electron chi connectivity index (χ1n) is 9.65. The molecule has 8 heteroatoms. The van der Waals surface area contributed by atoms with Crippen LogP contribution in [0.1, 0.15) is 40.3 Å². The van der Waals surface area contributed by atoms with E-state index in [9.17, 15) is 4.79 Å². The highest BCUT2D eigenvalue weighted by molar-refractivity contribution is 7.80. The van der Waals surface area contributed by atoms with Crippen molar-refractivity contribution in [2.75, 3.05) is 10.6 Å². The van der Waals surface area contributed by atoms with Crippen LogP contribution in [0.5, 0.6) is 0 Å². The van der Waals surface area contributed by atoms with E-state index in [0.717, 1.165) is 47.5 Å². The van der Waals surface area contributed by atoms with Crippen LogP contribution in [-0.4, -0.2) is 21.7 Å². The zero-order valence-electron chi connectivity index (χ0n) is 16.4. The summed E-state index contributed by atoms with van der Waals surface area (Å²) in [7, 11) is 0. The molecule has 152 valence electrons. The third kappa shape index (κ3) is 4.38. The zero-order valence-corrected chi connectivity index (χ0v) is 17.3. The number of aromatic nitrogens is 1. The number of nitrogens with one attached hydrogen (secondary N) is 3. The number of rotatable bonds is 4. The molecule has 0 aliphatic heterocycles. The van der Waals surface area contributed by atoms with Gasteiger partial charge in [-0.15, -0.1) is 0 Å². The molecule has 1 aliphatic carbocycles. The van der Waals surface area contributed by atoms with Gasteiger partial charge in [0.15, 0.2) is 10.9 Å². The molecule has 7 nitrogen and oxygen atoms in total. The molecule has 1 amide bonds. The summed E-state index contributed by atoms with van der Waals surface area (Å²) >= 11 is 5.33. The maximum atomic E-state index is 12.7. The summed E-state index contributed by atoms with van der Waals surface area (Å²) in [6, 6.07) is 15.0. The number of carbonyl (C=O) groups excluding carboxylic acids is 1. The van der Waals surface area contributed by atoms with Gasteiger partial charge < -0.3 is 15.1 Å². The Kier molecular flexibility index (Phi) is 5.85. The molecular weight excluding hydrogens is 398 g/mol. The normalized spacial score (nSPS) is 14.1. The number of hydrogen-bond acceptors (Lipinski definition) is 5. The van der Waals surface area contributed by atoms with Crippen molar-refractivity contribution in [3.63, 3.8) is 0 Å². The van der Waals surface area contributed by atoms with Crippen molar-refractivity contribution in [1.82, 2.24) is 10.4 Å². The van der Waals surface area contributed by atoms with Gasteiger partial charge >= 0.3 is 0 Å². The van der Waals surface area contributed by atoms with Crippen molar-refractivity contribution < 1.29 is 9.21 Å². The Balaban J connectivity index is 1.51. The molecule has 1 aromatic carbocycles. The summed E-state index contributed by atoms with van der Waals surface area (Å²) in [6.45, 7) is 1.87. The number of hydrogen-bond donors (Lipinski definition) is 3. The van der Waals surface area contributed by atoms with Crippen LogP contribution in [0.3, 0.4) is 0 Å². The van der Waals surface area contributed by atoms with Crippen molar-refractivity contribution in [2.24, 2.45) is 5.10 Å². The summed E-state index contributed by atoms with van der Waals surface area (Å²) < 4.78 is 5.91. The number of carbonyl (C=O) groups is 1. The van der Waals surface area contributed by atoms with E-state index >= 15 is 0 Å². The fourth-order valence-electron chi connectivity index (χ4n) is 3.41. The van der Waals surface area contributed by atoms with Crippen LogP contribution in [0.2, 0.25) is 0 Å².